The van der Waals surface area contributed by atoms with Gasteiger partial charge in [-0.2, -0.15) is 0 Å². The Morgan fingerprint density at radius 2 is 1.60 bits per heavy atom. The van der Waals surface area contributed by atoms with Crippen molar-refractivity contribution in [2.45, 2.75) is 106 Å². The summed E-state index contributed by atoms with van der Waals surface area (Å²) in [6.45, 7) is -0.376. The molecule has 13 atom stereocenters. The highest BCUT2D eigenvalue weighted by Gasteiger charge is 2.53. The molecule has 2 fully saturated rings. The van der Waals surface area contributed by atoms with E-state index in [-0.39, 0.29) is 23.3 Å². The summed E-state index contributed by atoms with van der Waals surface area (Å²) in [7, 11) is 1.31. The third kappa shape index (κ3) is 7.69. The molecule has 2 heterocycles. The first-order chi connectivity index (χ1) is 27.0. The Hall–Kier alpha value is -4.35. The molecular formula is C37H46N2O18. The lowest BCUT2D eigenvalue weighted by molar-refractivity contribution is -0.253. The maximum Gasteiger partial charge on any atom is 0.220 e. The fourth-order valence-electron chi connectivity index (χ4n) is 8.24. The van der Waals surface area contributed by atoms with E-state index < -0.39 is 169 Å². The van der Waals surface area contributed by atoms with Crippen LogP contribution in [0.2, 0.25) is 0 Å². The number of methoxy groups -OCH3 is 1. The van der Waals surface area contributed by atoms with Gasteiger partial charge in [-0.3, -0.25) is 24.0 Å². The van der Waals surface area contributed by atoms with Crippen LogP contribution in [0.4, 0.5) is 0 Å². The minimum atomic E-state index is -2.39. The lowest BCUT2D eigenvalue weighted by Gasteiger charge is -2.43. The molecular weight excluding hydrogens is 760 g/mol. The van der Waals surface area contributed by atoms with Gasteiger partial charge in [0.15, 0.2) is 29.9 Å². The van der Waals surface area contributed by atoms with Gasteiger partial charge in [0.25, 0.3) is 0 Å². The molecule has 20 heteroatoms. The molecule has 1 aromatic rings. The van der Waals surface area contributed by atoms with Gasteiger partial charge in [0, 0.05) is 43.2 Å². The zero-order valence-corrected chi connectivity index (χ0v) is 30.8. The Balaban J connectivity index is 1.21. The lowest BCUT2D eigenvalue weighted by atomic mass is 9.67. The summed E-state index contributed by atoms with van der Waals surface area (Å²) in [6.07, 6.45) is -9.68. The minimum absolute atomic E-state index is 0.142. The van der Waals surface area contributed by atoms with Crippen molar-refractivity contribution in [3.8, 4) is 11.5 Å². The molecule has 5 unspecified atom stereocenters. The highest BCUT2D eigenvalue weighted by Crippen LogP contribution is 2.53. The molecule has 0 radical (unpaired) electrons. The number of aromatic hydroxyl groups is 2. The van der Waals surface area contributed by atoms with Crippen LogP contribution in [0.25, 0.3) is 0 Å². The number of hydrogen-bond donors (Lipinski definition) is 11. The highest BCUT2D eigenvalue weighted by atomic mass is 16.7. The van der Waals surface area contributed by atoms with Gasteiger partial charge in [-0.25, -0.2) is 0 Å². The van der Waals surface area contributed by atoms with Crippen LogP contribution >= 0.6 is 0 Å². The summed E-state index contributed by atoms with van der Waals surface area (Å²) < 4.78 is 22.4. The largest absolute Gasteiger partial charge is 0.507 e. The van der Waals surface area contributed by atoms with Gasteiger partial charge >= 0.3 is 0 Å². The molecule has 2 amide bonds. The number of phenolic OH excluding ortho intramolecular Hbond substituents is 2. The van der Waals surface area contributed by atoms with Crippen LogP contribution in [0.15, 0.2) is 24.0 Å². The van der Waals surface area contributed by atoms with E-state index in [0.29, 0.717) is 0 Å². The van der Waals surface area contributed by atoms with Gasteiger partial charge in [-0.05, 0) is 13.0 Å². The van der Waals surface area contributed by atoms with Crippen LogP contribution in [-0.2, 0) is 39.8 Å². The van der Waals surface area contributed by atoms with E-state index in [4.69, 9.17) is 18.9 Å². The summed E-state index contributed by atoms with van der Waals surface area (Å²) in [6, 6.07) is -2.56. The van der Waals surface area contributed by atoms with Crippen LogP contribution in [0.3, 0.4) is 0 Å². The molecule has 0 spiro atoms. The molecule has 57 heavy (non-hydrogen) atoms. The van der Waals surface area contributed by atoms with E-state index in [1.54, 1.807) is 0 Å². The second-order valence-corrected chi connectivity index (χ2v) is 14.8. The molecule has 312 valence electrons. The standard InChI is InChI=1S/C37H46N2O18/c1-13-29(45)16(38-21(43)6-7-22(44)39-28-35(51)32(48)19(11-40)57-36(28)52)8-23(55-13)56-18-10-37(53,20(42)12-41)9-15-25(18)34(50)27-26(31(15)47)30(46)14-4-3-5-17(54-2)24(14)33(27)49/h3-5,13-14,16,18-19,23-24,28-29,32,35-36,40-41,45,47-48,50-53H,6-12H2,1-2H3,(H,38,43)(H,39,44)/t13-,14?,16-,18?,19+,23?,24?,28+,29-,32+,35+,36-,37?/m0/s1. The van der Waals surface area contributed by atoms with Crippen LogP contribution in [-0.4, -0.2) is 156 Å². The fourth-order valence-corrected chi connectivity index (χ4v) is 8.24. The number of ketones is 3. The van der Waals surface area contributed by atoms with E-state index in [1.807, 2.05) is 0 Å². The predicted octanol–water partition coefficient (Wildman–Crippen LogP) is -3.22. The van der Waals surface area contributed by atoms with Gasteiger partial charge in [0.2, 0.25) is 11.8 Å². The molecule has 5 aliphatic rings. The average molecular weight is 807 g/mol. The van der Waals surface area contributed by atoms with Gasteiger partial charge in [0.05, 0.1) is 54.9 Å². The summed E-state index contributed by atoms with van der Waals surface area (Å²) in [5.74, 6) is -7.73. The predicted molar refractivity (Wildman–Crippen MR) is 187 cm³/mol. The van der Waals surface area contributed by atoms with Gasteiger partial charge < -0.3 is 75.5 Å². The number of carbonyl (C=O) groups excluding carboxylic acids is 5. The molecule has 2 saturated heterocycles. The quantitative estimate of drug-likeness (QED) is 0.0980. The first kappa shape index (κ1) is 42.3. The van der Waals surface area contributed by atoms with Gasteiger partial charge in [-0.1, -0.05) is 12.2 Å². The fraction of sp³-hybridized carbons (Fsp3) is 0.595. The summed E-state index contributed by atoms with van der Waals surface area (Å²) in [5, 5.41) is 100. The third-order valence-corrected chi connectivity index (χ3v) is 11.3. The normalized spacial score (nSPS) is 36.0. The van der Waals surface area contributed by atoms with Gasteiger partial charge in [0.1, 0.15) is 59.9 Å². The monoisotopic (exact) mass is 806 g/mol. The number of ether oxygens (including phenoxy) is 4. The number of fused-ring (bicyclic) bond motifs is 3. The maximum atomic E-state index is 14.0. The number of allylic oxidation sites excluding steroid dienone is 4. The summed E-state index contributed by atoms with van der Waals surface area (Å²) in [4.78, 5) is 66.3. The third-order valence-electron chi connectivity index (χ3n) is 11.3. The van der Waals surface area contributed by atoms with Crippen molar-refractivity contribution < 1.29 is 88.9 Å². The van der Waals surface area contributed by atoms with Crippen molar-refractivity contribution in [3.63, 3.8) is 0 Å². The first-order valence-corrected chi connectivity index (χ1v) is 18.3. The maximum absolute atomic E-state index is 14.0. The molecule has 3 aliphatic carbocycles. The molecule has 0 aromatic heterocycles. The molecule has 0 bridgehead atoms. The molecule has 0 saturated carbocycles. The Morgan fingerprint density at radius 3 is 2.25 bits per heavy atom. The van der Waals surface area contributed by atoms with Crippen LogP contribution in [0, 0.1) is 11.8 Å². The minimum Gasteiger partial charge on any atom is -0.507 e. The Bertz CT molecular complexity index is 1870. The van der Waals surface area contributed by atoms with E-state index in [9.17, 15) is 69.9 Å². The molecule has 11 N–H and O–H groups in total. The summed E-state index contributed by atoms with van der Waals surface area (Å²) in [5.41, 5.74) is -3.95. The average Bonchev–Trinajstić information content (AvgIpc) is 3.18. The van der Waals surface area contributed by atoms with Crippen LogP contribution in [0.1, 0.15) is 70.6 Å². The van der Waals surface area contributed by atoms with E-state index in [0.717, 1.165) is 0 Å². The van der Waals surface area contributed by atoms with Crippen molar-refractivity contribution in [3.05, 3.63) is 46.2 Å². The summed E-state index contributed by atoms with van der Waals surface area (Å²) >= 11 is 0. The number of amides is 2. The SMILES string of the molecule is COC1=CC=CC2C(=O)c3c(O)c4c(c(O)c3C(=O)C12)C(OC1C[C@H](NC(=O)CCC(=O)N[C@@H]2[C@@H](O)[C@H](O)[C@@H](CO)O[C@@H]2O)[C@@H](O)[C@H](C)O1)CC(O)(C(=O)CO)C4. The number of nitrogens with one attached hydrogen (secondary N) is 2. The van der Waals surface area contributed by atoms with E-state index in [1.165, 1.54) is 32.3 Å². The number of aliphatic hydroxyl groups excluding tert-OH is 6. The zero-order valence-electron chi connectivity index (χ0n) is 30.8. The van der Waals surface area contributed by atoms with Crippen molar-refractivity contribution in [2.75, 3.05) is 20.3 Å². The molecule has 1 aromatic carbocycles. The molecule has 20 nitrogen and oxygen atoms in total. The van der Waals surface area contributed by atoms with Crippen LogP contribution in [0.5, 0.6) is 11.5 Å². The van der Waals surface area contributed by atoms with E-state index >= 15 is 0 Å². The zero-order chi connectivity index (χ0) is 41.7. The second-order valence-electron chi connectivity index (χ2n) is 14.8. The number of Topliss-reactive ketones (excluding diaryl/α,β-unsaturated/α-hetero) is 3. The molecule has 6 rings (SSSR count). The van der Waals surface area contributed by atoms with Crippen molar-refractivity contribution in [2.24, 2.45) is 11.8 Å². The Morgan fingerprint density at radius 1 is 0.930 bits per heavy atom. The first-order valence-electron chi connectivity index (χ1n) is 18.3. The topological polar surface area (TPSA) is 328 Å². The number of hydrogen-bond acceptors (Lipinski definition) is 18. The Kier molecular flexibility index (Phi) is 12.2. The number of aliphatic hydroxyl groups is 7. The lowest BCUT2D eigenvalue weighted by Crippen LogP contribution is -2.64. The highest BCUT2D eigenvalue weighted by molar-refractivity contribution is 6.20. The number of rotatable bonds is 11. The number of carbonyl (C=O) groups is 5. The second kappa shape index (κ2) is 16.5. The van der Waals surface area contributed by atoms with E-state index in [2.05, 4.69) is 10.6 Å². The number of benzene rings is 1. The smallest absolute Gasteiger partial charge is 0.220 e. The Labute approximate surface area is 324 Å². The van der Waals surface area contributed by atoms with Crippen molar-refractivity contribution >= 4 is 29.2 Å². The van der Waals surface area contributed by atoms with Crippen molar-refractivity contribution in [1.82, 2.24) is 10.6 Å². The van der Waals surface area contributed by atoms with Crippen LogP contribution < -0.4 is 10.6 Å². The van der Waals surface area contributed by atoms with Crippen molar-refractivity contribution in [1.29, 1.82) is 0 Å². The van der Waals surface area contributed by atoms with Gasteiger partial charge in [-0.15, -0.1) is 0 Å². The number of phenols is 2. The molecule has 2 aliphatic heterocycles.